The van der Waals surface area contributed by atoms with Crippen molar-refractivity contribution in [1.82, 2.24) is 0 Å². The Hall–Kier alpha value is -1.37. The second kappa shape index (κ2) is 6.17. The lowest BCUT2D eigenvalue weighted by Gasteiger charge is -2.42. The van der Waals surface area contributed by atoms with E-state index in [9.17, 15) is 8.42 Å². The lowest BCUT2D eigenvalue weighted by atomic mass is 9.83. The van der Waals surface area contributed by atoms with Gasteiger partial charge in [0.2, 0.25) is 15.6 Å². The summed E-state index contributed by atoms with van der Waals surface area (Å²) in [5, 5.41) is 1.00. The molecule has 0 aliphatic heterocycles. The lowest BCUT2D eigenvalue weighted by molar-refractivity contribution is -0.237. The first-order valence-corrected chi connectivity index (χ1v) is 8.03. The number of sulfone groups is 1. The highest BCUT2D eigenvalue weighted by Gasteiger charge is 2.46. The molecule has 0 saturated heterocycles. The molecule has 6 heteroatoms. The van der Waals surface area contributed by atoms with Gasteiger partial charge in [-0.05, 0) is 12.1 Å². The van der Waals surface area contributed by atoms with Crippen LogP contribution in [0.5, 0.6) is 0 Å². The summed E-state index contributed by atoms with van der Waals surface area (Å²) in [7, 11) is -0.800. The van der Waals surface area contributed by atoms with Gasteiger partial charge in [0.15, 0.2) is 0 Å². The summed E-state index contributed by atoms with van der Waals surface area (Å²) < 4.78 is 35.6. The third-order valence-corrected chi connectivity index (χ3v) is 4.79. The van der Waals surface area contributed by atoms with Crippen LogP contribution in [0.15, 0.2) is 46.3 Å². The van der Waals surface area contributed by atoms with E-state index in [-0.39, 0.29) is 10.6 Å². The molecule has 0 heterocycles. The molecule has 0 aliphatic carbocycles. The third-order valence-electron chi connectivity index (χ3n) is 3.30. The van der Waals surface area contributed by atoms with Crippen molar-refractivity contribution in [2.24, 2.45) is 11.1 Å². The molecule has 1 rings (SSSR count). The van der Waals surface area contributed by atoms with Crippen LogP contribution in [0.2, 0.25) is 0 Å². The van der Waals surface area contributed by atoms with Gasteiger partial charge in [-0.15, -0.1) is 0 Å². The van der Waals surface area contributed by atoms with Gasteiger partial charge in [-0.25, -0.2) is 8.42 Å². The van der Waals surface area contributed by atoms with Crippen molar-refractivity contribution in [3.05, 3.63) is 41.4 Å². The van der Waals surface area contributed by atoms with E-state index in [0.29, 0.717) is 0 Å². The maximum absolute atomic E-state index is 12.4. The number of benzene rings is 1. The molecule has 0 aliphatic rings. The molecule has 21 heavy (non-hydrogen) atoms. The molecule has 0 atom stereocenters. The molecular weight excluding hydrogens is 290 g/mol. The Kier molecular flexibility index (Phi) is 5.20. The highest BCUT2D eigenvalue weighted by Crippen LogP contribution is 2.38. The molecule has 0 fully saturated rings. The van der Waals surface area contributed by atoms with Gasteiger partial charge >= 0.3 is 0 Å². The van der Waals surface area contributed by atoms with Gasteiger partial charge in [0.1, 0.15) is 0 Å². The second-order valence-electron chi connectivity index (χ2n) is 5.71. The van der Waals surface area contributed by atoms with Crippen molar-refractivity contribution in [3.8, 4) is 0 Å². The van der Waals surface area contributed by atoms with Gasteiger partial charge in [-0.2, -0.15) is 0 Å². The summed E-state index contributed by atoms with van der Waals surface area (Å²) in [5.41, 5.74) is 5.47. The van der Waals surface area contributed by atoms with Crippen LogP contribution in [-0.2, 0) is 19.3 Å². The minimum atomic E-state index is -3.67. The third kappa shape index (κ3) is 3.45. The standard InChI is InChI=1S/C15H23NO4S/c1-14(2,3)15(19-4,20-5)13(16)11-21(17,18)12-9-7-6-8-10-12/h6-11H,16H2,1-5H3/b13-11-. The number of ether oxygens (including phenoxy) is 2. The van der Waals surface area contributed by atoms with Crippen LogP contribution in [0.25, 0.3) is 0 Å². The van der Waals surface area contributed by atoms with Crippen molar-refractivity contribution in [2.75, 3.05) is 14.2 Å². The van der Waals surface area contributed by atoms with Gasteiger partial charge in [0.05, 0.1) is 16.0 Å². The smallest absolute Gasteiger partial charge is 0.214 e. The van der Waals surface area contributed by atoms with Gasteiger partial charge in [-0.1, -0.05) is 39.0 Å². The Morgan fingerprint density at radius 3 is 1.95 bits per heavy atom. The van der Waals surface area contributed by atoms with E-state index in [1.54, 1.807) is 18.2 Å². The van der Waals surface area contributed by atoms with Gasteiger partial charge < -0.3 is 15.2 Å². The normalized spacial score (nSPS) is 14.2. The molecule has 0 spiro atoms. The molecule has 0 radical (unpaired) electrons. The minimum Gasteiger partial charge on any atom is -0.397 e. The summed E-state index contributed by atoms with van der Waals surface area (Å²) >= 11 is 0. The molecule has 2 N–H and O–H groups in total. The van der Waals surface area contributed by atoms with Crippen molar-refractivity contribution in [1.29, 1.82) is 0 Å². The predicted molar refractivity (Wildman–Crippen MR) is 82.1 cm³/mol. The largest absolute Gasteiger partial charge is 0.397 e. The van der Waals surface area contributed by atoms with E-state index in [1.807, 2.05) is 20.8 Å². The number of methoxy groups -OCH3 is 2. The van der Waals surface area contributed by atoms with E-state index in [0.717, 1.165) is 5.41 Å². The topological polar surface area (TPSA) is 78.6 Å². The summed E-state index contributed by atoms with van der Waals surface area (Å²) in [6.07, 6.45) is 0. The molecule has 5 nitrogen and oxygen atoms in total. The van der Waals surface area contributed by atoms with E-state index >= 15 is 0 Å². The highest BCUT2D eigenvalue weighted by atomic mass is 32.2. The van der Waals surface area contributed by atoms with Crippen LogP contribution in [0.1, 0.15) is 20.8 Å². The first-order valence-electron chi connectivity index (χ1n) is 6.49. The van der Waals surface area contributed by atoms with Crippen molar-refractivity contribution >= 4 is 9.84 Å². The Morgan fingerprint density at radius 2 is 1.57 bits per heavy atom. The Bertz CT molecular complexity index is 596. The summed E-state index contributed by atoms with van der Waals surface area (Å²) in [6, 6.07) is 8.08. The summed E-state index contributed by atoms with van der Waals surface area (Å²) in [5.74, 6) is -1.32. The average Bonchev–Trinajstić information content (AvgIpc) is 2.39. The molecular formula is C15H23NO4S. The Morgan fingerprint density at radius 1 is 1.10 bits per heavy atom. The fourth-order valence-electron chi connectivity index (χ4n) is 2.29. The van der Waals surface area contributed by atoms with Crippen LogP contribution >= 0.6 is 0 Å². The molecule has 118 valence electrons. The van der Waals surface area contributed by atoms with Gasteiger partial charge in [0.25, 0.3) is 0 Å². The number of hydrogen-bond acceptors (Lipinski definition) is 5. The molecule has 1 aromatic carbocycles. The quantitative estimate of drug-likeness (QED) is 0.844. The van der Waals surface area contributed by atoms with Crippen LogP contribution in [0.4, 0.5) is 0 Å². The van der Waals surface area contributed by atoms with Crippen molar-refractivity contribution < 1.29 is 17.9 Å². The highest BCUT2D eigenvalue weighted by molar-refractivity contribution is 7.94. The lowest BCUT2D eigenvalue weighted by Crippen LogP contribution is -2.50. The number of rotatable bonds is 5. The SMILES string of the molecule is COC(OC)(/C(N)=C/S(=O)(=O)c1ccccc1)C(C)(C)C. The number of nitrogens with two attached hydrogens (primary N) is 1. The fraction of sp³-hybridized carbons (Fsp3) is 0.467. The first kappa shape index (κ1) is 17.7. The average molecular weight is 313 g/mol. The molecule has 0 unspecified atom stereocenters. The Labute approximate surface area is 126 Å². The van der Waals surface area contributed by atoms with Crippen LogP contribution in [0.3, 0.4) is 0 Å². The first-order chi connectivity index (χ1) is 9.60. The van der Waals surface area contributed by atoms with Crippen molar-refractivity contribution in [2.45, 2.75) is 31.5 Å². The molecule has 0 saturated carbocycles. The zero-order valence-corrected chi connectivity index (χ0v) is 13.9. The zero-order chi connectivity index (χ0) is 16.3. The van der Waals surface area contributed by atoms with E-state index in [2.05, 4.69) is 0 Å². The fourth-order valence-corrected chi connectivity index (χ4v) is 3.45. The Balaban J connectivity index is 3.37. The molecule has 0 amide bonds. The maximum Gasteiger partial charge on any atom is 0.214 e. The van der Waals surface area contributed by atoms with Crippen LogP contribution in [-0.4, -0.2) is 28.4 Å². The minimum absolute atomic E-state index is 0.00357. The molecule has 0 bridgehead atoms. The molecule has 0 aromatic heterocycles. The number of hydrogen-bond donors (Lipinski definition) is 1. The predicted octanol–water partition coefficient (Wildman–Crippen LogP) is 2.30. The van der Waals surface area contributed by atoms with Crippen molar-refractivity contribution in [3.63, 3.8) is 0 Å². The summed E-state index contributed by atoms with van der Waals surface area (Å²) in [6.45, 7) is 5.57. The van der Waals surface area contributed by atoms with Gasteiger partial charge in [0, 0.05) is 19.6 Å². The van der Waals surface area contributed by atoms with E-state index in [4.69, 9.17) is 15.2 Å². The van der Waals surface area contributed by atoms with E-state index in [1.165, 1.54) is 26.4 Å². The monoisotopic (exact) mass is 313 g/mol. The van der Waals surface area contributed by atoms with Crippen LogP contribution < -0.4 is 5.73 Å². The van der Waals surface area contributed by atoms with E-state index < -0.39 is 21.0 Å². The summed E-state index contributed by atoms with van der Waals surface area (Å²) in [4.78, 5) is 0.169. The second-order valence-corrected chi connectivity index (χ2v) is 7.50. The van der Waals surface area contributed by atoms with Gasteiger partial charge in [-0.3, -0.25) is 0 Å². The zero-order valence-electron chi connectivity index (χ0n) is 13.1. The van der Waals surface area contributed by atoms with Crippen LogP contribution in [0, 0.1) is 5.41 Å². The maximum atomic E-state index is 12.4. The molecule has 1 aromatic rings.